The van der Waals surface area contributed by atoms with Crippen LogP contribution in [0, 0.1) is 0 Å². The summed E-state index contributed by atoms with van der Waals surface area (Å²) in [5, 5.41) is 17.4. The van der Waals surface area contributed by atoms with Crippen LogP contribution in [0.1, 0.15) is 13.3 Å². The van der Waals surface area contributed by atoms with Gasteiger partial charge in [0.05, 0.1) is 13.2 Å². The Morgan fingerprint density at radius 3 is 1.62 bits per heavy atom. The van der Waals surface area contributed by atoms with E-state index in [1.807, 2.05) is 11.8 Å². The number of aliphatic hydroxyl groups excluding tert-OH is 2. The number of thioether (sulfide) groups is 3. The van der Waals surface area contributed by atoms with Gasteiger partial charge < -0.3 is 10.2 Å². The van der Waals surface area contributed by atoms with E-state index in [-0.39, 0.29) is 13.2 Å². The first-order valence-corrected chi connectivity index (χ1v) is 8.98. The Hall–Kier alpha value is 0.930. The van der Waals surface area contributed by atoms with E-state index in [0.717, 1.165) is 29.1 Å². The topological polar surface area (TPSA) is 43.7 Å². The lowest BCUT2D eigenvalue weighted by Gasteiger charge is -2.20. The Labute approximate surface area is 112 Å². The van der Waals surface area contributed by atoms with Crippen molar-refractivity contribution in [3.63, 3.8) is 0 Å². The van der Waals surface area contributed by atoms with Crippen molar-refractivity contribution in [2.24, 2.45) is 0 Å². The summed E-state index contributed by atoms with van der Waals surface area (Å²) in [5.74, 6) is 5.79. The third kappa shape index (κ3) is 11.4. The van der Waals surface area contributed by atoms with Gasteiger partial charge in [0.25, 0.3) is 0 Å². The van der Waals surface area contributed by atoms with E-state index < -0.39 is 0 Å². The molecule has 98 valence electrons. The number of nitrogens with zero attached hydrogens (tertiary/aromatic N) is 1. The van der Waals surface area contributed by atoms with Crippen molar-refractivity contribution in [2.75, 3.05) is 48.1 Å². The first-order valence-electron chi connectivity index (χ1n) is 5.52. The molecule has 0 aromatic heterocycles. The molecular formula is C10H23NO2S3. The molecule has 0 aliphatic heterocycles. The first kappa shape index (κ1) is 16.9. The minimum absolute atomic E-state index is 0.254. The number of hydrogen-bond acceptors (Lipinski definition) is 6. The fourth-order valence-corrected chi connectivity index (χ4v) is 3.57. The Balaban J connectivity index is 3.58. The third-order valence-corrected chi connectivity index (χ3v) is 4.92. The molecule has 0 bridgehead atoms. The van der Waals surface area contributed by atoms with Crippen LogP contribution in [0.4, 0.5) is 0 Å². The van der Waals surface area contributed by atoms with Crippen LogP contribution in [-0.2, 0) is 0 Å². The molecule has 0 heterocycles. The van der Waals surface area contributed by atoms with Crippen LogP contribution in [0.2, 0.25) is 0 Å². The van der Waals surface area contributed by atoms with Gasteiger partial charge >= 0.3 is 0 Å². The fourth-order valence-electron chi connectivity index (χ4n) is 0.966. The summed E-state index contributed by atoms with van der Waals surface area (Å²) in [6.07, 6.45) is 1.21. The van der Waals surface area contributed by atoms with Crippen molar-refractivity contribution in [3.05, 3.63) is 0 Å². The van der Waals surface area contributed by atoms with Crippen LogP contribution in [-0.4, -0.2) is 63.2 Å². The molecule has 0 unspecified atom stereocenters. The highest BCUT2D eigenvalue weighted by Gasteiger charge is 2.04. The summed E-state index contributed by atoms with van der Waals surface area (Å²) in [7, 11) is 0. The van der Waals surface area contributed by atoms with Gasteiger partial charge in [-0.2, -0.15) is 0 Å². The van der Waals surface area contributed by atoms with E-state index in [1.54, 1.807) is 23.5 Å². The van der Waals surface area contributed by atoms with Gasteiger partial charge in [-0.15, -0.1) is 35.3 Å². The lowest BCUT2D eigenvalue weighted by Crippen LogP contribution is -2.23. The lowest BCUT2D eigenvalue weighted by molar-refractivity contribution is 0.322. The predicted octanol–water partition coefficient (Wildman–Crippen LogP) is 1.76. The van der Waals surface area contributed by atoms with Crippen LogP contribution >= 0.6 is 35.3 Å². The highest BCUT2D eigenvalue weighted by atomic mass is 32.2. The molecule has 0 amide bonds. The molecule has 0 saturated carbocycles. The SMILES string of the molecule is CCCSCN(CSCCO)CSCCO. The van der Waals surface area contributed by atoms with Gasteiger partial charge in [-0.05, 0) is 12.2 Å². The van der Waals surface area contributed by atoms with Crippen molar-refractivity contribution in [3.8, 4) is 0 Å². The second-order valence-electron chi connectivity index (χ2n) is 3.23. The van der Waals surface area contributed by atoms with Crippen molar-refractivity contribution >= 4 is 35.3 Å². The van der Waals surface area contributed by atoms with Gasteiger partial charge in [-0.1, -0.05) is 6.92 Å². The standard InChI is InChI=1S/C10H23NO2S3/c1-2-5-14-8-11(9-15-6-3-12)10-16-7-4-13/h12-13H,2-10H2,1H3. The van der Waals surface area contributed by atoms with Crippen molar-refractivity contribution in [2.45, 2.75) is 13.3 Å². The van der Waals surface area contributed by atoms with E-state index in [9.17, 15) is 0 Å². The molecule has 2 N–H and O–H groups in total. The molecule has 0 aromatic rings. The van der Waals surface area contributed by atoms with E-state index in [1.165, 1.54) is 12.2 Å². The largest absolute Gasteiger partial charge is 0.396 e. The van der Waals surface area contributed by atoms with Crippen LogP contribution in [0.25, 0.3) is 0 Å². The van der Waals surface area contributed by atoms with Gasteiger partial charge in [-0.25, -0.2) is 0 Å². The molecule has 0 aliphatic carbocycles. The average Bonchev–Trinajstić information content (AvgIpc) is 2.29. The van der Waals surface area contributed by atoms with Crippen molar-refractivity contribution in [1.29, 1.82) is 0 Å². The Morgan fingerprint density at radius 2 is 1.25 bits per heavy atom. The van der Waals surface area contributed by atoms with E-state index in [4.69, 9.17) is 10.2 Å². The Bertz CT molecular complexity index is 117. The Morgan fingerprint density at radius 1 is 0.812 bits per heavy atom. The highest BCUT2D eigenvalue weighted by Crippen LogP contribution is 2.14. The number of hydrogen-bond donors (Lipinski definition) is 2. The molecular weight excluding hydrogens is 262 g/mol. The molecule has 0 rings (SSSR count). The molecule has 0 radical (unpaired) electrons. The second kappa shape index (κ2) is 14.0. The smallest absolute Gasteiger partial charge is 0.0522 e. The molecule has 16 heavy (non-hydrogen) atoms. The van der Waals surface area contributed by atoms with Gasteiger partial charge in [0.2, 0.25) is 0 Å². The van der Waals surface area contributed by atoms with Crippen LogP contribution in [0.15, 0.2) is 0 Å². The zero-order valence-electron chi connectivity index (χ0n) is 9.93. The summed E-state index contributed by atoms with van der Waals surface area (Å²) in [6, 6.07) is 0. The molecule has 3 nitrogen and oxygen atoms in total. The highest BCUT2D eigenvalue weighted by molar-refractivity contribution is 8.00. The zero-order valence-corrected chi connectivity index (χ0v) is 12.4. The summed E-state index contributed by atoms with van der Waals surface area (Å²) in [4.78, 5) is 2.36. The minimum atomic E-state index is 0.254. The number of aliphatic hydroxyl groups is 2. The van der Waals surface area contributed by atoms with Crippen LogP contribution < -0.4 is 0 Å². The average molecular weight is 286 g/mol. The lowest BCUT2D eigenvalue weighted by atomic mass is 10.6. The fraction of sp³-hybridized carbons (Fsp3) is 1.00. The first-order chi connectivity index (χ1) is 7.85. The maximum Gasteiger partial charge on any atom is 0.0522 e. The molecule has 6 heteroatoms. The predicted molar refractivity (Wildman–Crippen MR) is 78.3 cm³/mol. The number of rotatable bonds is 12. The minimum Gasteiger partial charge on any atom is -0.396 e. The van der Waals surface area contributed by atoms with E-state index >= 15 is 0 Å². The zero-order chi connectivity index (χ0) is 12.1. The Kier molecular flexibility index (Phi) is 14.8. The van der Waals surface area contributed by atoms with Crippen molar-refractivity contribution < 1.29 is 10.2 Å². The van der Waals surface area contributed by atoms with E-state index in [0.29, 0.717) is 0 Å². The summed E-state index contributed by atoms with van der Waals surface area (Å²) in [6.45, 7) is 2.70. The summed E-state index contributed by atoms with van der Waals surface area (Å²) >= 11 is 5.48. The third-order valence-electron chi connectivity index (χ3n) is 1.64. The normalized spacial score (nSPS) is 11.2. The van der Waals surface area contributed by atoms with Crippen molar-refractivity contribution in [1.82, 2.24) is 4.90 Å². The molecule has 0 saturated heterocycles. The molecule has 0 atom stereocenters. The maximum atomic E-state index is 8.72. The molecule has 0 spiro atoms. The molecule has 0 aliphatic rings. The monoisotopic (exact) mass is 285 g/mol. The van der Waals surface area contributed by atoms with Gasteiger partial charge in [0.15, 0.2) is 0 Å². The summed E-state index contributed by atoms with van der Waals surface area (Å²) in [5.41, 5.74) is 0. The second-order valence-corrected chi connectivity index (χ2v) is 6.45. The molecule has 0 aromatic carbocycles. The van der Waals surface area contributed by atoms with Gasteiger partial charge in [-0.3, -0.25) is 4.90 Å². The quantitative estimate of drug-likeness (QED) is 0.421. The van der Waals surface area contributed by atoms with E-state index in [2.05, 4.69) is 11.8 Å². The molecule has 0 fully saturated rings. The van der Waals surface area contributed by atoms with Gasteiger partial charge in [0, 0.05) is 29.1 Å². The maximum absolute atomic E-state index is 8.72. The summed E-state index contributed by atoms with van der Waals surface area (Å²) < 4.78 is 0. The van der Waals surface area contributed by atoms with Gasteiger partial charge in [0.1, 0.15) is 0 Å². The van der Waals surface area contributed by atoms with Crippen LogP contribution in [0.5, 0.6) is 0 Å². The van der Waals surface area contributed by atoms with Crippen LogP contribution in [0.3, 0.4) is 0 Å².